The molecule has 0 radical (unpaired) electrons. The number of rotatable bonds is 4. The Hall–Kier alpha value is -1.95. The molecule has 0 aliphatic carbocycles. The van der Waals surface area contributed by atoms with Crippen LogP contribution in [0.1, 0.15) is 16.2 Å². The van der Waals surface area contributed by atoms with Gasteiger partial charge in [0.2, 0.25) is 5.82 Å². The zero-order valence-corrected chi connectivity index (χ0v) is 11.8. The monoisotopic (exact) mass is 321 g/mol. The van der Waals surface area contributed by atoms with Gasteiger partial charge in [0, 0.05) is 17.2 Å². The van der Waals surface area contributed by atoms with E-state index in [-0.39, 0.29) is 5.82 Å². The molecule has 0 aliphatic rings. The van der Waals surface area contributed by atoms with Crippen LogP contribution in [0, 0.1) is 0 Å². The van der Waals surface area contributed by atoms with Gasteiger partial charge in [-0.05, 0) is 17.7 Å². The van der Waals surface area contributed by atoms with Crippen LogP contribution in [0.3, 0.4) is 0 Å². The SMILES string of the molecule is COC(=O)c1nccc(NCc2ccccc2Br)n1. The second-order valence-corrected chi connectivity index (χ2v) is 4.56. The number of methoxy groups -OCH3 is 1. The Kier molecular flexibility index (Phi) is 4.46. The molecule has 6 heteroatoms. The summed E-state index contributed by atoms with van der Waals surface area (Å²) >= 11 is 3.47. The Morgan fingerprint density at radius 3 is 2.89 bits per heavy atom. The van der Waals surface area contributed by atoms with Gasteiger partial charge in [-0.25, -0.2) is 14.8 Å². The number of carbonyl (C=O) groups excluding carboxylic acids is 1. The molecule has 0 bridgehead atoms. The van der Waals surface area contributed by atoms with Crippen LogP contribution in [-0.2, 0) is 11.3 Å². The second-order valence-electron chi connectivity index (χ2n) is 3.70. The first-order valence-corrected chi connectivity index (χ1v) is 6.38. The number of nitrogens with zero attached hydrogens (tertiary/aromatic N) is 2. The first-order chi connectivity index (χ1) is 9.20. The fourth-order valence-corrected chi connectivity index (χ4v) is 1.90. The van der Waals surface area contributed by atoms with Crippen molar-refractivity contribution >= 4 is 27.7 Å². The van der Waals surface area contributed by atoms with Crippen molar-refractivity contribution in [3.63, 3.8) is 0 Å². The maximum absolute atomic E-state index is 11.3. The van der Waals surface area contributed by atoms with Crippen LogP contribution in [0.25, 0.3) is 0 Å². The van der Waals surface area contributed by atoms with Crippen molar-refractivity contribution in [2.45, 2.75) is 6.54 Å². The molecule has 0 spiro atoms. The molecule has 0 aliphatic heterocycles. The van der Waals surface area contributed by atoms with E-state index >= 15 is 0 Å². The van der Waals surface area contributed by atoms with E-state index in [1.165, 1.54) is 13.3 Å². The van der Waals surface area contributed by atoms with E-state index in [0.29, 0.717) is 12.4 Å². The van der Waals surface area contributed by atoms with Crippen LogP contribution < -0.4 is 5.32 Å². The number of benzene rings is 1. The topological polar surface area (TPSA) is 64.1 Å². The van der Waals surface area contributed by atoms with E-state index in [9.17, 15) is 4.79 Å². The lowest BCUT2D eigenvalue weighted by atomic mass is 10.2. The van der Waals surface area contributed by atoms with Crippen LogP contribution in [-0.4, -0.2) is 23.0 Å². The van der Waals surface area contributed by atoms with Crippen LogP contribution in [0.4, 0.5) is 5.82 Å². The Morgan fingerprint density at radius 1 is 1.37 bits per heavy atom. The lowest BCUT2D eigenvalue weighted by Gasteiger charge is -2.07. The number of carbonyl (C=O) groups is 1. The maximum Gasteiger partial charge on any atom is 0.376 e. The van der Waals surface area contributed by atoms with Gasteiger partial charge in [0.25, 0.3) is 0 Å². The molecular formula is C13H12BrN3O2. The Balaban J connectivity index is 2.08. The van der Waals surface area contributed by atoms with Crippen molar-refractivity contribution < 1.29 is 9.53 Å². The average molecular weight is 322 g/mol. The lowest BCUT2D eigenvalue weighted by Crippen LogP contribution is -2.10. The molecule has 0 amide bonds. The van der Waals surface area contributed by atoms with Crippen molar-refractivity contribution in [2.75, 3.05) is 12.4 Å². The largest absolute Gasteiger partial charge is 0.463 e. The maximum atomic E-state index is 11.3. The van der Waals surface area contributed by atoms with Gasteiger partial charge in [-0.1, -0.05) is 34.1 Å². The molecule has 2 rings (SSSR count). The molecular weight excluding hydrogens is 310 g/mol. The third-order valence-electron chi connectivity index (χ3n) is 2.44. The molecule has 2 aromatic rings. The van der Waals surface area contributed by atoms with E-state index in [1.54, 1.807) is 6.07 Å². The van der Waals surface area contributed by atoms with Gasteiger partial charge in [0.15, 0.2) is 0 Å². The molecule has 0 fully saturated rings. The number of hydrogen-bond acceptors (Lipinski definition) is 5. The summed E-state index contributed by atoms with van der Waals surface area (Å²) in [5.74, 6) is 0.0651. The molecule has 1 heterocycles. The molecule has 98 valence electrons. The van der Waals surface area contributed by atoms with Gasteiger partial charge in [-0.15, -0.1) is 0 Å². The second kappa shape index (κ2) is 6.29. The Morgan fingerprint density at radius 2 is 2.16 bits per heavy atom. The minimum Gasteiger partial charge on any atom is -0.463 e. The molecule has 19 heavy (non-hydrogen) atoms. The van der Waals surface area contributed by atoms with Crippen molar-refractivity contribution in [2.24, 2.45) is 0 Å². The van der Waals surface area contributed by atoms with Crippen molar-refractivity contribution in [1.29, 1.82) is 0 Å². The average Bonchev–Trinajstić information content (AvgIpc) is 2.46. The highest BCUT2D eigenvalue weighted by Crippen LogP contribution is 2.17. The lowest BCUT2D eigenvalue weighted by molar-refractivity contribution is 0.0587. The van der Waals surface area contributed by atoms with Gasteiger partial charge in [-0.2, -0.15) is 0 Å². The molecule has 0 saturated carbocycles. The predicted molar refractivity (Wildman–Crippen MR) is 74.8 cm³/mol. The fraction of sp³-hybridized carbons (Fsp3) is 0.154. The first kappa shape index (κ1) is 13.5. The smallest absolute Gasteiger partial charge is 0.376 e. The number of anilines is 1. The number of nitrogens with one attached hydrogen (secondary N) is 1. The molecule has 0 unspecified atom stereocenters. The summed E-state index contributed by atoms with van der Waals surface area (Å²) in [6, 6.07) is 9.58. The van der Waals surface area contributed by atoms with Gasteiger partial charge in [0.1, 0.15) is 5.82 Å². The minimum absolute atomic E-state index is 0.0413. The van der Waals surface area contributed by atoms with Gasteiger partial charge in [0.05, 0.1) is 7.11 Å². The summed E-state index contributed by atoms with van der Waals surface area (Å²) in [6.07, 6.45) is 1.52. The van der Waals surface area contributed by atoms with E-state index in [4.69, 9.17) is 0 Å². The summed E-state index contributed by atoms with van der Waals surface area (Å²) in [7, 11) is 1.30. The number of esters is 1. The molecule has 0 atom stereocenters. The van der Waals surface area contributed by atoms with E-state index < -0.39 is 5.97 Å². The Bertz CT molecular complexity index is 590. The third kappa shape index (κ3) is 3.51. The van der Waals surface area contributed by atoms with Crippen LogP contribution >= 0.6 is 15.9 Å². The summed E-state index contributed by atoms with van der Waals surface area (Å²) in [4.78, 5) is 19.2. The highest BCUT2D eigenvalue weighted by molar-refractivity contribution is 9.10. The van der Waals surface area contributed by atoms with Crippen molar-refractivity contribution in [3.8, 4) is 0 Å². The van der Waals surface area contributed by atoms with E-state index in [0.717, 1.165) is 10.0 Å². The molecule has 5 nitrogen and oxygen atoms in total. The highest BCUT2D eigenvalue weighted by Gasteiger charge is 2.09. The number of aromatic nitrogens is 2. The molecule has 0 saturated heterocycles. The predicted octanol–water partition coefficient (Wildman–Crippen LogP) is 2.64. The number of hydrogen-bond donors (Lipinski definition) is 1. The Labute approximate surface area is 119 Å². The van der Waals surface area contributed by atoms with Crippen LogP contribution in [0.15, 0.2) is 41.0 Å². The van der Waals surface area contributed by atoms with Gasteiger partial charge < -0.3 is 10.1 Å². The highest BCUT2D eigenvalue weighted by atomic mass is 79.9. The van der Waals surface area contributed by atoms with Crippen molar-refractivity contribution in [3.05, 3.63) is 52.4 Å². The molecule has 1 aromatic carbocycles. The van der Waals surface area contributed by atoms with E-state index in [1.807, 2.05) is 24.3 Å². The van der Waals surface area contributed by atoms with Crippen LogP contribution in [0.5, 0.6) is 0 Å². The standard InChI is InChI=1S/C13H12BrN3O2/c1-19-13(18)12-15-7-6-11(17-12)16-8-9-4-2-3-5-10(9)14/h2-7H,8H2,1H3,(H,15,16,17). The van der Waals surface area contributed by atoms with Crippen molar-refractivity contribution in [1.82, 2.24) is 9.97 Å². The molecule has 1 aromatic heterocycles. The quantitative estimate of drug-likeness (QED) is 0.877. The number of halogens is 1. The summed E-state index contributed by atoms with van der Waals surface area (Å²) < 4.78 is 5.59. The van der Waals surface area contributed by atoms with Gasteiger partial charge >= 0.3 is 5.97 Å². The number of ether oxygens (including phenoxy) is 1. The summed E-state index contributed by atoms with van der Waals surface area (Å²) in [5, 5.41) is 3.13. The first-order valence-electron chi connectivity index (χ1n) is 5.59. The zero-order valence-electron chi connectivity index (χ0n) is 10.3. The van der Waals surface area contributed by atoms with E-state index in [2.05, 4.69) is 36.0 Å². The molecule has 1 N–H and O–H groups in total. The summed E-state index contributed by atoms with van der Waals surface area (Å²) in [5.41, 5.74) is 1.10. The zero-order chi connectivity index (χ0) is 13.7. The summed E-state index contributed by atoms with van der Waals surface area (Å²) in [6.45, 7) is 0.596. The fourth-order valence-electron chi connectivity index (χ4n) is 1.47. The minimum atomic E-state index is -0.551. The van der Waals surface area contributed by atoms with Gasteiger partial charge in [-0.3, -0.25) is 0 Å². The normalized spacial score (nSPS) is 10.0. The van der Waals surface area contributed by atoms with Crippen LogP contribution in [0.2, 0.25) is 0 Å². The third-order valence-corrected chi connectivity index (χ3v) is 3.21.